The van der Waals surface area contributed by atoms with Crippen LogP contribution in [0.15, 0.2) is 34.5 Å². The predicted octanol–water partition coefficient (Wildman–Crippen LogP) is 3.44. The number of benzene rings is 1. The summed E-state index contributed by atoms with van der Waals surface area (Å²) in [6.45, 7) is 9.02. The van der Waals surface area contributed by atoms with Crippen LogP contribution in [0.3, 0.4) is 0 Å². The fourth-order valence-corrected chi connectivity index (χ4v) is 3.28. The summed E-state index contributed by atoms with van der Waals surface area (Å²) in [5, 5.41) is 7.36. The normalized spacial score (nSPS) is 14.9. The summed E-state index contributed by atoms with van der Waals surface area (Å²) < 4.78 is 5.66. The molecule has 0 atom stereocenters. The van der Waals surface area contributed by atoms with Crippen LogP contribution in [0.2, 0.25) is 0 Å². The number of hydrogen-bond acceptors (Lipinski definition) is 3. The van der Waals surface area contributed by atoms with E-state index in [2.05, 4.69) is 49.6 Å². The molecule has 2 heterocycles. The quantitative estimate of drug-likeness (QED) is 0.828. The second-order valence-corrected chi connectivity index (χ2v) is 6.89. The zero-order valence-electron chi connectivity index (χ0n) is 14.7. The number of hydrogen-bond donors (Lipinski definition) is 2. The highest BCUT2D eigenvalue weighted by Gasteiger charge is 2.14. The first-order chi connectivity index (χ1) is 11.5. The third-order valence-electron chi connectivity index (χ3n) is 4.69. The van der Waals surface area contributed by atoms with Crippen LogP contribution in [0.4, 0.5) is 0 Å². The Morgan fingerprint density at radius 2 is 2.21 bits per heavy atom. The van der Waals surface area contributed by atoms with Crippen LogP contribution in [0, 0.1) is 6.92 Å². The van der Waals surface area contributed by atoms with Gasteiger partial charge in [0, 0.05) is 24.0 Å². The van der Waals surface area contributed by atoms with Gasteiger partial charge in [0.15, 0.2) is 0 Å². The molecule has 1 aliphatic heterocycles. The second kappa shape index (κ2) is 7.22. The van der Waals surface area contributed by atoms with Crippen LogP contribution in [-0.4, -0.2) is 25.5 Å². The maximum Gasteiger partial charge on any atom is 0.224 e. The molecule has 0 spiro atoms. The summed E-state index contributed by atoms with van der Waals surface area (Å²) in [5.41, 5.74) is 5.67. The highest BCUT2D eigenvalue weighted by atomic mass is 16.3. The van der Waals surface area contributed by atoms with E-state index in [1.165, 1.54) is 16.7 Å². The SMILES string of the molecule is Cc1cc2occ(CC(=O)NCC3=CCNCC3)c2cc1C(C)C. The zero-order chi connectivity index (χ0) is 17.1. The first-order valence-corrected chi connectivity index (χ1v) is 8.70. The maximum atomic E-state index is 12.3. The van der Waals surface area contributed by atoms with Gasteiger partial charge in [0.1, 0.15) is 5.58 Å². The number of nitrogens with one attached hydrogen (secondary N) is 2. The number of rotatable bonds is 5. The van der Waals surface area contributed by atoms with Crippen molar-refractivity contribution in [3.8, 4) is 0 Å². The van der Waals surface area contributed by atoms with E-state index in [-0.39, 0.29) is 5.91 Å². The lowest BCUT2D eigenvalue weighted by atomic mass is 9.95. The third kappa shape index (κ3) is 3.70. The van der Waals surface area contributed by atoms with Gasteiger partial charge in [0.25, 0.3) is 0 Å². The Hall–Kier alpha value is -2.07. The van der Waals surface area contributed by atoms with Gasteiger partial charge in [-0.25, -0.2) is 0 Å². The van der Waals surface area contributed by atoms with Crippen molar-refractivity contribution in [2.75, 3.05) is 19.6 Å². The molecule has 3 rings (SSSR count). The first-order valence-electron chi connectivity index (χ1n) is 8.70. The van der Waals surface area contributed by atoms with Crippen molar-refractivity contribution in [1.82, 2.24) is 10.6 Å². The molecule has 4 heteroatoms. The summed E-state index contributed by atoms with van der Waals surface area (Å²) in [5.74, 6) is 0.502. The van der Waals surface area contributed by atoms with E-state index >= 15 is 0 Å². The smallest absolute Gasteiger partial charge is 0.224 e. The van der Waals surface area contributed by atoms with Crippen molar-refractivity contribution in [3.63, 3.8) is 0 Å². The van der Waals surface area contributed by atoms with Crippen LogP contribution in [0.1, 0.15) is 42.9 Å². The highest BCUT2D eigenvalue weighted by Crippen LogP contribution is 2.29. The monoisotopic (exact) mass is 326 g/mol. The van der Waals surface area contributed by atoms with Crippen molar-refractivity contribution < 1.29 is 9.21 Å². The zero-order valence-corrected chi connectivity index (χ0v) is 14.7. The van der Waals surface area contributed by atoms with Gasteiger partial charge in [-0.05, 0) is 49.1 Å². The second-order valence-electron chi connectivity index (χ2n) is 6.89. The molecule has 0 unspecified atom stereocenters. The van der Waals surface area contributed by atoms with Crippen LogP contribution < -0.4 is 10.6 Å². The summed E-state index contributed by atoms with van der Waals surface area (Å²) in [4.78, 5) is 12.3. The molecule has 1 amide bonds. The number of fused-ring (bicyclic) bond motifs is 1. The average Bonchev–Trinajstić information content (AvgIpc) is 2.94. The molecule has 0 saturated heterocycles. The number of amides is 1. The van der Waals surface area contributed by atoms with Gasteiger partial charge >= 0.3 is 0 Å². The number of carbonyl (C=O) groups is 1. The minimum Gasteiger partial charge on any atom is -0.464 e. The fraction of sp³-hybridized carbons (Fsp3) is 0.450. The number of aryl methyl sites for hydroxylation is 1. The van der Waals surface area contributed by atoms with Crippen molar-refractivity contribution in [2.45, 2.75) is 39.5 Å². The highest BCUT2D eigenvalue weighted by molar-refractivity contribution is 5.88. The van der Waals surface area contributed by atoms with Crippen LogP contribution >= 0.6 is 0 Å². The van der Waals surface area contributed by atoms with Gasteiger partial charge < -0.3 is 15.1 Å². The van der Waals surface area contributed by atoms with Crippen LogP contribution in [0.25, 0.3) is 11.0 Å². The molecule has 128 valence electrons. The van der Waals surface area contributed by atoms with Crippen LogP contribution in [-0.2, 0) is 11.2 Å². The molecule has 0 fully saturated rings. The van der Waals surface area contributed by atoms with E-state index in [0.29, 0.717) is 18.9 Å². The summed E-state index contributed by atoms with van der Waals surface area (Å²) in [7, 11) is 0. The van der Waals surface area contributed by atoms with Gasteiger partial charge in [0.05, 0.1) is 12.7 Å². The lowest BCUT2D eigenvalue weighted by Crippen LogP contribution is -2.30. The minimum absolute atomic E-state index is 0.0452. The van der Waals surface area contributed by atoms with Gasteiger partial charge in [-0.2, -0.15) is 0 Å². The Morgan fingerprint density at radius 3 is 2.92 bits per heavy atom. The average molecular weight is 326 g/mol. The van der Waals surface area contributed by atoms with Crippen molar-refractivity contribution in [1.29, 1.82) is 0 Å². The molecule has 1 aromatic carbocycles. The summed E-state index contributed by atoms with van der Waals surface area (Å²) in [6, 6.07) is 4.25. The molecular weight excluding hydrogens is 300 g/mol. The van der Waals surface area contributed by atoms with E-state index < -0.39 is 0 Å². The first kappa shape index (κ1) is 16.8. The van der Waals surface area contributed by atoms with Gasteiger partial charge in [-0.1, -0.05) is 25.5 Å². The fourth-order valence-electron chi connectivity index (χ4n) is 3.28. The molecule has 1 aliphatic rings. The van der Waals surface area contributed by atoms with E-state index in [9.17, 15) is 4.79 Å². The van der Waals surface area contributed by atoms with Crippen molar-refractivity contribution in [2.24, 2.45) is 0 Å². The van der Waals surface area contributed by atoms with E-state index in [1.54, 1.807) is 6.26 Å². The van der Waals surface area contributed by atoms with Gasteiger partial charge in [-0.3, -0.25) is 4.79 Å². The summed E-state index contributed by atoms with van der Waals surface area (Å²) in [6.07, 6.45) is 5.25. The van der Waals surface area contributed by atoms with Crippen LogP contribution in [0.5, 0.6) is 0 Å². The molecule has 0 saturated carbocycles. The Labute approximate surface area is 143 Å². The molecule has 0 aliphatic carbocycles. The maximum absolute atomic E-state index is 12.3. The number of furan rings is 1. The van der Waals surface area contributed by atoms with E-state index in [1.807, 2.05) is 0 Å². The van der Waals surface area contributed by atoms with E-state index in [0.717, 1.165) is 36.0 Å². The van der Waals surface area contributed by atoms with Crippen molar-refractivity contribution >= 4 is 16.9 Å². The number of carbonyl (C=O) groups excluding carboxylic acids is 1. The molecule has 4 nitrogen and oxygen atoms in total. The Kier molecular flexibility index (Phi) is 5.05. The lowest BCUT2D eigenvalue weighted by Gasteiger charge is -2.14. The molecule has 24 heavy (non-hydrogen) atoms. The Bertz CT molecular complexity index is 771. The molecule has 2 aromatic rings. The van der Waals surface area contributed by atoms with Gasteiger partial charge in [0.2, 0.25) is 5.91 Å². The molecular formula is C20H26N2O2. The molecule has 2 N–H and O–H groups in total. The van der Waals surface area contributed by atoms with E-state index in [4.69, 9.17) is 4.42 Å². The predicted molar refractivity (Wildman–Crippen MR) is 97.3 cm³/mol. The van der Waals surface area contributed by atoms with Gasteiger partial charge in [-0.15, -0.1) is 0 Å². The minimum atomic E-state index is 0.0452. The molecule has 0 bridgehead atoms. The topological polar surface area (TPSA) is 54.3 Å². The molecule has 1 aromatic heterocycles. The molecule has 0 radical (unpaired) electrons. The third-order valence-corrected chi connectivity index (χ3v) is 4.69. The lowest BCUT2D eigenvalue weighted by molar-refractivity contribution is -0.120. The largest absolute Gasteiger partial charge is 0.464 e. The Morgan fingerprint density at radius 1 is 1.38 bits per heavy atom. The van der Waals surface area contributed by atoms with Crippen molar-refractivity contribution in [3.05, 3.63) is 46.7 Å². The Balaban J connectivity index is 1.71. The standard InChI is InChI=1S/C20H26N2O2/c1-13(2)17-10-18-16(12-24-19(18)8-14(17)3)9-20(23)22-11-15-4-6-21-7-5-15/h4,8,10,12-13,21H,5-7,9,11H2,1-3H3,(H,22,23). The summed E-state index contributed by atoms with van der Waals surface area (Å²) >= 11 is 0.